The van der Waals surface area contributed by atoms with Crippen molar-refractivity contribution in [2.75, 3.05) is 34.0 Å². The Labute approximate surface area is 388 Å². The average molecular weight is 919 g/mol. The summed E-state index contributed by atoms with van der Waals surface area (Å²) >= 11 is 6.25. The van der Waals surface area contributed by atoms with Crippen LogP contribution in [-0.4, -0.2) is 116 Å². The number of H-pyrrole nitrogens is 2. The Bertz CT molecular complexity index is 2590. The van der Waals surface area contributed by atoms with Gasteiger partial charge in [-0.2, -0.15) is 0 Å². The largest absolute Gasteiger partial charge is 0.453 e. The maximum atomic E-state index is 14.3. The highest BCUT2D eigenvalue weighted by Crippen LogP contribution is 2.35. The van der Waals surface area contributed by atoms with Gasteiger partial charge < -0.3 is 49.7 Å². The monoisotopic (exact) mass is 918 g/mol. The van der Waals surface area contributed by atoms with Crippen molar-refractivity contribution in [2.24, 2.45) is 11.8 Å². The standard InChI is InChI=1S/C48H55ClN10O7/c1-27(2)40(54-46(62)65-5)44(60)58-19-7-8-38(58)42-50-21-36(52-42)31-13-9-29(10-14-31)30-11-15-32(16-12-30)37-22-51-43(53-37)39-25-57(26-59(39)45(61)41(28(3)4)55-47(63)66-6)48(64)56-23-33-17-18-35(49)20-34(33)24-56/h9-18,20-22,27-28,38-41H,7-8,19,23-26H2,1-6H3,(H,50,52)(H,51,53)(H,54,62)(H,55,63)/t38-,39-,40?,41-/m0/s1. The Balaban J connectivity index is 0.959. The van der Waals surface area contributed by atoms with E-state index in [0.717, 1.165) is 57.6 Å². The van der Waals surface area contributed by atoms with Gasteiger partial charge in [-0.1, -0.05) is 93.9 Å². The van der Waals surface area contributed by atoms with Gasteiger partial charge in [0.05, 0.1) is 57.3 Å². The molecule has 4 atom stereocenters. The number of imidazole rings is 2. The molecule has 5 heterocycles. The van der Waals surface area contributed by atoms with Gasteiger partial charge in [-0.3, -0.25) is 9.59 Å². The zero-order valence-corrected chi connectivity index (χ0v) is 38.6. The second-order valence-electron chi connectivity index (χ2n) is 17.7. The number of halogens is 1. The lowest BCUT2D eigenvalue weighted by molar-refractivity contribution is -0.136. The Kier molecular flexibility index (Phi) is 13.4. The normalized spacial score (nSPS) is 17.8. The number of rotatable bonds is 11. The van der Waals surface area contributed by atoms with Crippen molar-refractivity contribution < 1.29 is 33.4 Å². The molecule has 3 aromatic carbocycles. The second-order valence-corrected chi connectivity index (χ2v) is 18.1. The smallest absolute Gasteiger partial charge is 0.407 e. The number of hydrogen-bond acceptors (Lipinski definition) is 9. The van der Waals surface area contributed by atoms with E-state index < -0.39 is 30.3 Å². The number of likely N-dealkylation sites (tertiary alicyclic amines) is 1. The molecule has 0 spiro atoms. The van der Waals surface area contributed by atoms with Crippen LogP contribution in [-0.2, 0) is 32.2 Å². The van der Waals surface area contributed by atoms with Gasteiger partial charge in [-0.05, 0) is 70.2 Å². The first-order chi connectivity index (χ1) is 31.7. The molecule has 6 amide bonds. The molecule has 3 aliphatic heterocycles. The fourth-order valence-electron chi connectivity index (χ4n) is 9.00. The van der Waals surface area contributed by atoms with E-state index in [1.807, 2.05) is 94.4 Å². The highest BCUT2D eigenvalue weighted by Gasteiger charge is 2.44. The molecule has 1 unspecified atom stereocenters. The first-order valence-electron chi connectivity index (χ1n) is 22.1. The Morgan fingerprint density at radius 3 is 1.70 bits per heavy atom. The molecule has 3 aliphatic rings. The number of methoxy groups -OCH3 is 2. The molecular weight excluding hydrogens is 864 g/mol. The van der Waals surface area contributed by atoms with Crippen LogP contribution in [0.1, 0.15) is 75.4 Å². The number of alkyl carbamates (subject to hydrolysis) is 2. The van der Waals surface area contributed by atoms with E-state index >= 15 is 0 Å². The number of amides is 6. The molecule has 346 valence electrons. The maximum absolute atomic E-state index is 14.3. The molecule has 2 aromatic heterocycles. The highest BCUT2D eigenvalue weighted by atomic mass is 35.5. The number of benzene rings is 3. The SMILES string of the molecule is COC(=O)NC(C(=O)N1CCC[C@H]1c1ncc(-c2ccc(-c3ccc(-c4cnc([C@@H]5CN(C(=O)N6Cc7ccc(Cl)cc7C6)CN5C(=O)[C@@H](NC(=O)OC)C(C)C)[nH]4)cc3)cc2)[nH]1)C(C)C. The van der Waals surface area contributed by atoms with Gasteiger partial charge >= 0.3 is 18.2 Å². The van der Waals surface area contributed by atoms with E-state index in [1.54, 1.807) is 32.0 Å². The minimum Gasteiger partial charge on any atom is -0.453 e. The van der Waals surface area contributed by atoms with Crippen molar-refractivity contribution in [1.82, 2.24) is 50.2 Å². The number of carbonyl (C=O) groups is 5. The van der Waals surface area contributed by atoms with Gasteiger partial charge in [-0.15, -0.1) is 0 Å². The molecule has 0 saturated carbocycles. The summed E-state index contributed by atoms with van der Waals surface area (Å²) in [5.74, 6) is 0.303. The zero-order chi connectivity index (χ0) is 46.8. The minimum absolute atomic E-state index is 0.00365. The number of urea groups is 1. The van der Waals surface area contributed by atoms with Crippen LogP contribution in [0.2, 0.25) is 5.02 Å². The molecule has 0 bridgehead atoms. The first kappa shape index (κ1) is 45.7. The molecule has 18 heteroatoms. The summed E-state index contributed by atoms with van der Waals surface area (Å²) in [5, 5.41) is 5.98. The fourth-order valence-corrected chi connectivity index (χ4v) is 9.20. The summed E-state index contributed by atoms with van der Waals surface area (Å²) in [4.78, 5) is 89.3. The third-order valence-corrected chi connectivity index (χ3v) is 12.9. The van der Waals surface area contributed by atoms with Crippen molar-refractivity contribution in [2.45, 2.75) is 77.8 Å². The highest BCUT2D eigenvalue weighted by molar-refractivity contribution is 6.30. The van der Waals surface area contributed by atoms with E-state index in [2.05, 4.69) is 25.6 Å². The summed E-state index contributed by atoms with van der Waals surface area (Å²) in [6, 6.07) is 19.1. The van der Waals surface area contributed by atoms with Crippen LogP contribution in [0, 0.1) is 11.8 Å². The second kappa shape index (κ2) is 19.3. The maximum Gasteiger partial charge on any atom is 0.407 e. The first-order valence-corrected chi connectivity index (χ1v) is 22.5. The van der Waals surface area contributed by atoms with Crippen LogP contribution in [0.5, 0.6) is 0 Å². The quantitative estimate of drug-likeness (QED) is 0.104. The van der Waals surface area contributed by atoms with Crippen LogP contribution in [0.4, 0.5) is 14.4 Å². The Hall–Kier alpha value is -6.88. The molecule has 4 N–H and O–H groups in total. The molecule has 5 aromatic rings. The van der Waals surface area contributed by atoms with E-state index in [0.29, 0.717) is 36.3 Å². The van der Waals surface area contributed by atoms with Gasteiger partial charge in [0.2, 0.25) is 11.8 Å². The van der Waals surface area contributed by atoms with Gasteiger partial charge in [-0.25, -0.2) is 24.4 Å². The van der Waals surface area contributed by atoms with Crippen LogP contribution in [0.15, 0.2) is 79.1 Å². The van der Waals surface area contributed by atoms with Crippen molar-refractivity contribution in [3.8, 4) is 33.6 Å². The van der Waals surface area contributed by atoms with Crippen molar-refractivity contribution >= 4 is 41.6 Å². The third-order valence-electron chi connectivity index (χ3n) is 12.7. The topological polar surface area (TPSA) is 198 Å². The lowest BCUT2D eigenvalue weighted by atomic mass is 10.0. The summed E-state index contributed by atoms with van der Waals surface area (Å²) in [6.45, 7) is 9.06. The number of fused-ring (bicyclic) bond motifs is 1. The number of aromatic nitrogens is 4. The number of hydrogen-bond donors (Lipinski definition) is 4. The van der Waals surface area contributed by atoms with E-state index in [9.17, 15) is 24.0 Å². The van der Waals surface area contributed by atoms with E-state index in [4.69, 9.17) is 26.1 Å². The Morgan fingerprint density at radius 2 is 1.17 bits per heavy atom. The van der Waals surface area contributed by atoms with Crippen molar-refractivity contribution in [3.63, 3.8) is 0 Å². The van der Waals surface area contributed by atoms with Crippen molar-refractivity contribution in [1.29, 1.82) is 0 Å². The van der Waals surface area contributed by atoms with E-state index in [1.165, 1.54) is 14.2 Å². The molecule has 0 radical (unpaired) electrons. The van der Waals surface area contributed by atoms with Crippen LogP contribution in [0.3, 0.4) is 0 Å². The lowest BCUT2D eigenvalue weighted by Crippen LogP contribution is -2.52. The minimum atomic E-state index is -0.900. The molecule has 66 heavy (non-hydrogen) atoms. The molecule has 2 fully saturated rings. The zero-order valence-electron chi connectivity index (χ0n) is 37.8. The number of nitrogens with zero attached hydrogens (tertiary/aromatic N) is 6. The molecule has 8 rings (SSSR count). The van der Waals surface area contributed by atoms with Crippen LogP contribution >= 0.6 is 11.6 Å². The van der Waals surface area contributed by atoms with Gasteiger partial charge in [0.1, 0.15) is 29.8 Å². The summed E-state index contributed by atoms with van der Waals surface area (Å²) in [7, 11) is 2.53. The molecular formula is C48H55ClN10O7. The number of ether oxygens (including phenoxy) is 2. The van der Waals surface area contributed by atoms with Crippen LogP contribution in [0.25, 0.3) is 33.6 Å². The molecule has 17 nitrogen and oxygen atoms in total. The van der Waals surface area contributed by atoms with Crippen molar-refractivity contribution in [3.05, 3.63) is 107 Å². The fraction of sp³-hybridized carbons (Fsp3) is 0.396. The molecule has 0 aliphatic carbocycles. The average Bonchev–Trinajstić information content (AvgIpc) is 4.18. The predicted octanol–water partition coefficient (Wildman–Crippen LogP) is 7.49. The van der Waals surface area contributed by atoms with Gasteiger partial charge in [0.25, 0.3) is 0 Å². The molecule has 2 saturated heterocycles. The third kappa shape index (κ3) is 9.43. The number of nitrogens with one attached hydrogen (secondary N) is 4. The number of aromatic amines is 2. The van der Waals surface area contributed by atoms with Gasteiger partial charge in [0.15, 0.2) is 0 Å². The van der Waals surface area contributed by atoms with E-state index in [-0.39, 0.29) is 48.9 Å². The van der Waals surface area contributed by atoms with Gasteiger partial charge in [0, 0.05) is 24.7 Å². The summed E-state index contributed by atoms with van der Waals surface area (Å²) in [6.07, 6.45) is 3.73. The van der Waals surface area contributed by atoms with Crippen LogP contribution < -0.4 is 10.6 Å². The predicted molar refractivity (Wildman–Crippen MR) is 246 cm³/mol. The summed E-state index contributed by atoms with van der Waals surface area (Å²) < 4.78 is 9.60. The summed E-state index contributed by atoms with van der Waals surface area (Å²) in [5.41, 5.74) is 7.41. The Morgan fingerprint density at radius 1 is 0.667 bits per heavy atom. The lowest BCUT2D eigenvalue weighted by Gasteiger charge is -2.30. The number of carbonyl (C=O) groups excluding carboxylic acids is 5.